The molecule has 0 bridgehead atoms. The lowest BCUT2D eigenvalue weighted by atomic mass is 10.1. The Morgan fingerprint density at radius 1 is 0.826 bits per heavy atom. The van der Waals surface area contributed by atoms with Crippen LogP contribution in [0.4, 0.5) is 0 Å². The highest BCUT2D eigenvalue weighted by molar-refractivity contribution is 7.10. The zero-order valence-electron chi connectivity index (χ0n) is 27.7. The van der Waals surface area contributed by atoms with Gasteiger partial charge in [0.15, 0.2) is 5.76 Å². The molecule has 2 aromatic heterocycles. The number of hydrogen-bond acceptors (Lipinski definition) is 7. The first-order valence-corrected chi connectivity index (χ1v) is 18.0. The summed E-state index contributed by atoms with van der Waals surface area (Å²) in [5.74, 6) is 0.105. The molecule has 0 fully saturated rings. The number of methoxy groups -OCH3 is 1. The van der Waals surface area contributed by atoms with Gasteiger partial charge in [0.05, 0.1) is 28.5 Å². The molecule has 248 valence electrons. The number of carbonyl (C=O) groups is 2. The van der Waals surface area contributed by atoms with E-state index in [1.807, 2.05) is 24.3 Å². The lowest BCUT2D eigenvalue weighted by molar-refractivity contribution is -0.120. The predicted molar refractivity (Wildman–Crippen MR) is 196 cm³/mol. The van der Waals surface area contributed by atoms with E-state index in [0.29, 0.717) is 25.2 Å². The molecule has 2 heterocycles. The number of nitrogens with one attached hydrogen (secondary N) is 1. The molecule has 0 saturated carbocycles. The second kappa shape index (κ2) is 24.6. The van der Waals surface area contributed by atoms with E-state index in [-0.39, 0.29) is 11.7 Å². The molecular formula is C38H51N3O3S2. The van der Waals surface area contributed by atoms with Crippen LogP contribution in [0.25, 0.3) is 6.08 Å². The van der Waals surface area contributed by atoms with Gasteiger partial charge in [0.1, 0.15) is 5.78 Å². The second-order valence-corrected chi connectivity index (χ2v) is 12.8. The van der Waals surface area contributed by atoms with Gasteiger partial charge >= 0.3 is 0 Å². The Morgan fingerprint density at radius 3 is 2.33 bits per heavy atom. The third-order valence-corrected chi connectivity index (χ3v) is 8.82. The van der Waals surface area contributed by atoms with Crippen LogP contribution in [0.2, 0.25) is 0 Å². The van der Waals surface area contributed by atoms with Crippen LogP contribution >= 0.6 is 22.7 Å². The maximum absolute atomic E-state index is 12.5. The van der Waals surface area contributed by atoms with Crippen LogP contribution in [0.15, 0.2) is 89.9 Å². The minimum absolute atomic E-state index is 0.107. The lowest BCUT2D eigenvalue weighted by Gasteiger charge is -2.02. The lowest BCUT2D eigenvalue weighted by Crippen LogP contribution is -2.25. The molecule has 0 aliphatic carbocycles. The van der Waals surface area contributed by atoms with Crippen molar-refractivity contribution in [2.75, 3.05) is 13.7 Å². The summed E-state index contributed by atoms with van der Waals surface area (Å²) in [5.41, 5.74) is 3.39. The first-order valence-electron chi connectivity index (χ1n) is 16.2. The summed E-state index contributed by atoms with van der Waals surface area (Å²) in [5, 5.41) is 9.13. The molecule has 2 rings (SSSR count). The average Bonchev–Trinajstić information content (AvgIpc) is 3.70. The van der Waals surface area contributed by atoms with E-state index in [1.54, 1.807) is 22.7 Å². The molecule has 0 aromatic carbocycles. The van der Waals surface area contributed by atoms with Crippen molar-refractivity contribution in [2.45, 2.75) is 90.4 Å². The zero-order chi connectivity index (χ0) is 33.2. The van der Waals surface area contributed by atoms with Crippen molar-refractivity contribution in [3.63, 3.8) is 0 Å². The molecule has 0 atom stereocenters. The van der Waals surface area contributed by atoms with E-state index in [9.17, 15) is 9.59 Å². The topological polar surface area (TPSA) is 81.2 Å². The molecule has 0 aliphatic heterocycles. The number of nitrogens with zero attached hydrogens (tertiary/aromatic N) is 2. The Labute approximate surface area is 284 Å². The Bertz CT molecular complexity index is 1360. The molecular weight excluding hydrogens is 611 g/mol. The normalized spacial score (nSPS) is 12.2. The molecule has 46 heavy (non-hydrogen) atoms. The highest BCUT2D eigenvalue weighted by Crippen LogP contribution is 2.18. The van der Waals surface area contributed by atoms with Gasteiger partial charge in [-0.2, -0.15) is 0 Å². The first-order chi connectivity index (χ1) is 22.4. The van der Waals surface area contributed by atoms with E-state index in [1.165, 1.54) is 12.7 Å². The number of carbonyl (C=O) groups excluding carboxylic acids is 2. The van der Waals surface area contributed by atoms with Crippen molar-refractivity contribution >= 4 is 40.4 Å². The fourth-order valence-corrected chi connectivity index (χ4v) is 5.94. The van der Waals surface area contributed by atoms with Gasteiger partial charge in [-0.3, -0.25) is 9.59 Å². The maximum atomic E-state index is 12.5. The summed E-state index contributed by atoms with van der Waals surface area (Å²) in [6, 6.07) is 0. The van der Waals surface area contributed by atoms with E-state index in [4.69, 9.17) is 14.7 Å². The van der Waals surface area contributed by atoms with Gasteiger partial charge in [0.25, 0.3) is 5.91 Å². The summed E-state index contributed by atoms with van der Waals surface area (Å²) < 4.78 is 4.78. The van der Waals surface area contributed by atoms with Crippen molar-refractivity contribution in [3.05, 3.63) is 111 Å². The van der Waals surface area contributed by atoms with Gasteiger partial charge in [0.2, 0.25) is 0 Å². The van der Waals surface area contributed by atoms with Crippen LogP contribution in [0, 0.1) is 0 Å². The highest BCUT2D eigenvalue weighted by Gasteiger charge is 2.08. The molecule has 0 radical (unpaired) electrons. The predicted octanol–water partition coefficient (Wildman–Crippen LogP) is 9.49. The third kappa shape index (κ3) is 18.4. The quantitative estimate of drug-likeness (QED) is 0.0377. The van der Waals surface area contributed by atoms with Crippen LogP contribution in [0.3, 0.4) is 0 Å². The Balaban J connectivity index is 1.54. The van der Waals surface area contributed by atoms with Gasteiger partial charge < -0.3 is 10.1 Å². The number of rotatable bonds is 25. The minimum atomic E-state index is -0.303. The van der Waals surface area contributed by atoms with Crippen LogP contribution in [-0.4, -0.2) is 35.3 Å². The van der Waals surface area contributed by atoms with Gasteiger partial charge in [-0.1, -0.05) is 66.8 Å². The fraction of sp³-hybridized carbons (Fsp3) is 0.421. The molecule has 0 saturated heterocycles. The molecule has 2 aromatic rings. The molecule has 0 aliphatic rings. The van der Waals surface area contributed by atoms with Crippen molar-refractivity contribution in [2.24, 2.45) is 0 Å². The van der Waals surface area contributed by atoms with Crippen molar-refractivity contribution in [3.8, 4) is 0 Å². The number of Topliss-reactive ketones (excluding diaryl/α,β-unsaturated/α-hetero) is 1. The summed E-state index contributed by atoms with van der Waals surface area (Å²) in [6.07, 6.45) is 32.5. The Kier molecular flexibility index (Phi) is 20.6. The monoisotopic (exact) mass is 661 g/mol. The van der Waals surface area contributed by atoms with Crippen LogP contribution in [0.1, 0.15) is 92.5 Å². The smallest absolute Gasteiger partial charge is 0.285 e. The molecule has 0 unspecified atom stereocenters. The molecule has 1 N–H and O–H groups in total. The Hall–Kier alpha value is -3.62. The van der Waals surface area contributed by atoms with Crippen LogP contribution < -0.4 is 5.32 Å². The molecule has 8 heteroatoms. The van der Waals surface area contributed by atoms with Crippen molar-refractivity contribution < 1.29 is 14.3 Å². The maximum Gasteiger partial charge on any atom is 0.285 e. The van der Waals surface area contributed by atoms with Crippen LogP contribution in [0.5, 0.6) is 0 Å². The zero-order valence-corrected chi connectivity index (χ0v) is 29.3. The average molecular weight is 662 g/mol. The van der Waals surface area contributed by atoms with E-state index in [2.05, 4.69) is 72.6 Å². The summed E-state index contributed by atoms with van der Waals surface area (Å²) >= 11 is 3.37. The second-order valence-electron chi connectivity index (χ2n) is 10.9. The number of aromatic nitrogens is 2. The summed E-state index contributed by atoms with van der Waals surface area (Å²) in [6.45, 7) is 9.86. The van der Waals surface area contributed by atoms with Gasteiger partial charge in [-0.25, -0.2) is 9.97 Å². The number of amides is 1. The number of ether oxygens (including phenoxy) is 1. The molecule has 6 nitrogen and oxygen atoms in total. The number of allylic oxidation sites excluding steroid dienone is 9. The molecule has 1 amide bonds. The van der Waals surface area contributed by atoms with E-state index < -0.39 is 0 Å². The third-order valence-electron chi connectivity index (χ3n) is 6.93. The number of unbranched alkanes of at least 4 members (excludes halogenated alkanes) is 2. The van der Waals surface area contributed by atoms with Gasteiger partial charge in [-0.05, 0) is 77.2 Å². The summed E-state index contributed by atoms with van der Waals surface area (Å²) in [7, 11) is 1.42. The van der Waals surface area contributed by atoms with Gasteiger partial charge in [-0.15, -0.1) is 29.3 Å². The SMILES string of the molecule is C=CCC/C=C/CC/C(C)=C/c1csc(CCCC(=O)CCc2csc(CC/C=C/CC/C=C/C=C/CNC(=O)C(=C)OC)n2)n1. The highest BCUT2D eigenvalue weighted by atomic mass is 32.1. The van der Waals surface area contributed by atoms with Crippen molar-refractivity contribution in [1.29, 1.82) is 0 Å². The Morgan fingerprint density at radius 2 is 1.52 bits per heavy atom. The summed E-state index contributed by atoms with van der Waals surface area (Å²) in [4.78, 5) is 33.5. The fourth-order valence-electron chi connectivity index (χ4n) is 4.30. The van der Waals surface area contributed by atoms with Crippen LogP contribution in [-0.2, 0) is 33.6 Å². The standard InChI is InChI=1S/C38H51N3O3S2/c1-5-6-7-8-14-17-21-31(2)28-34-30-46-37(41-34)24-20-22-35(42)26-25-33-29-45-36(40-33)23-18-15-12-10-9-11-13-16-19-27-39-38(43)32(3)44-4/h5,8,11-16,19,28-30H,1,3,6-7,9-10,17-18,20-27H2,2,4H3,(H,39,43)/b13-11+,14-8+,15-12+,19-16+,31-28+. The van der Waals surface area contributed by atoms with E-state index in [0.717, 1.165) is 92.0 Å². The number of thiazole rings is 2. The van der Waals surface area contributed by atoms with Crippen molar-refractivity contribution in [1.82, 2.24) is 15.3 Å². The minimum Gasteiger partial charge on any atom is -0.492 e. The van der Waals surface area contributed by atoms with E-state index >= 15 is 0 Å². The number of ketones is 1. The van der Waals surface area contributed by atoms with Gasteiger partial charge in [0, 0.05) is 36.6 Å². The molecule has 0 spiro atoms. The largest absolute Gasteiger partial charge is 0.492 e. The number of hydrogen-bond donors (Lipinski definition) is 1. The first kappa shape index (κ1) is 38.6. The number of aryl methyl sites for hydroxylation is 3.